The Hall–Kier alpha value is -2.98. The lowest BCUT2D eigenvalue weighted by Gasteiger charge is -2.40. The van der Waals surface area contributed by atoms with Gasteiger partial charge in [-0.1, -0.05) is 53.2 Å². The molecule has 0 amide bonds. The Balaban J connectivity index is 1.55. The van der Waals surface area contributed by atoms with E-state index in [0.717, 1.165) is 28.0 Å². The second-order valence-electron chi connectivity index (χ2n) is 8.83. The van der Waals surface area contributed by atoms with Crippen molar-refractivity contribution >= 4 is 17.3 Å². The van der Waals surface area contributed by atoms with E-state index in [1.807, 2.05) is 48.5 Å². The normalized spacial score (nSPS) is 24.1. The summed E-state index contributed by atoms with van der Waals surface area (Å²) in [5.41, 5.74) is 4.80. The van der Waals surface area contributed by atoms with Gasteiger partial charge in [-0.25, -0.2) is 0 Å². The Morgan fingerprint density at radius 3 is 2.14 bits per heavy atom. The number of rotatable bonds is 8. The molecular weight excluding hydrogens is 498 g/mol. The van der Waals surface area contributed by atoms with Crippen LogP contribution in [0.1, 0.15) is 33.9 Å². The zero-order valence-electron chi connectivity index (χ0n) is 20.5. The Morgan fingerprint density at radius 2 is 1.54 bits per heavy atom. The minimum atomic E-state index is -1.45. The van der Waals surface area contributed by atoms with Crippen molar-refractivity contribution in [1.82, 2.24) is 0 Å². The van der Waals surface area contributed by atoms with Crippen LogP contribution in [0.2, 0.25) is 5.02 Å². The molecule has 1 heterocycles. The summed E-state index contributed by atoms with van der Waals surface area (Å²) in [5, 5.41) is 45.0. The van der Waals surface area contributed by atoms with Crippen LogP contribution in [0, 0.1) is 0 Å². The van der Waals surface area contributed by atoms with Gasteiger partial charge in [0.05, 0.1) is 13.7 Å². The van der Waals surface area contributed by atoms with E-state index in [0.29, 0.717) is 22.7 Å². The van der Waals surface area contributed by atoms with Gasteiger partial charge in [0.1, 0.15) is 49.1 Å². The first-order chi connectivity index (χ1) is 17.9. The molecule has 1 saturated heterocycles. The average Bonchev–Trinajstić information content (AvgIpc) is 2.92. The van der Waals surface area contributed by atoms with Crippen molar-refractivity contribution < 1.29 is 34.7 Å². The van der Waals surface area contributed by atoms with Gasteiger partial charge in [-0.05, 0) is 53.4 Å². The summed E-state index contributed by atoms with van der Waals surface area (Å²) in [5.74, 6) is 0.749. The van der Waals surface area contributed by atoms with Crippen molar-refractivity contribution in [3.8, 4) is 5.75 Å². The maximum absolute atomic E-state index is 10.5. The van der Waals surface area contributed by atoms with Gasteiger partial charge in [0.15, 0.2) is 0 Å². The molecule has 0 aromatic heterocycles. The van der Waals surface area contributed by atoms with E-state index in [2.05, 4.69) is 5.16 Å². The molecule has 0 saturated carbocycles. The minimum absolute atomic E-state index is 0.487. The van der Waals surface area contributed by atoms with E-state index in [4.69, 9.17) is 25.9 Å². The van der Waals surface area contributed by atoms with Crippen molar-refractivity contribution in [1.29, 1.82) is 0 Å². The molecule has 9 heteroatoms. The number of nitrogens with zero attached hydrogens (tertiary/aromatic N) is 1. The van der Waals surface area contributed by atoms with Crippen molar-refractivity contribution in [2.75, 3.05) is 20.8 Å². The molecule has 4 N–H and O–H groups in total. The van der Waals surface area contributed by atoms with Gasteiger partial charge in [-0.2, -0.15) is 0 Å². The molecule has 5 atom stereocenters. The molecule has 0 spiro atoms. The molecule has 0 bridgehead atoms. The van der Waals surface area contributed by atoms with E-state index in [1.165, 1.54) is 7.11 Å². The van der Waals surface area contributed by atoms with Crippen molar-refractivity contribution in [3.63, 3.8) is 0 Å². The highest BCUT2D eigenvalue weighted by Crippen LogP contribution is 2.34. The monoisotopic (exact) mass is 527 g/mol. The van der Waals surface area contributed by atoms with E-state index >= 15 is 0 Å². The molecule has 0 radical (unpaired) electrons. The highest BCUT2D eigenvalue weighted by atomic mass is 35.5. The van der Waals surface area contributed by atoms with Crippen molar-refractivity contribution in [2.24, 2.45) is 5.16 Å². The second kappa shape index (κ2) is 12.0. The molecule has 1 aliphatic heterocycles. The zero-order chi connectivity index (χ0) is 26.5. The summed E-state index contributed by atoms with van der Waals surface area (Å²) in [4.78, 5) is 5.08. The molecule has 0 aliphatic carbocycles. The summed E-state index contributed by atoms with van der Waals surface area (Å²) in [6.07, 6.45) is -5.62. The Morgan fingerprint density at radius 1 is 0.892 bits per heavy atom. The molecular formula is C28H30ClNO7. The zero-order valence-corrected chi connectivity index (χ0v) is 21.2. The smallest absolute Gasteiger partial charge is 0.118 e. The molecule has 3 aromatic rings. The lowest BCUT2D eigenvalue weighted by Crippen LogP contribution is -2.55. The van der Waals surface area contributed by atoms with Gasteiger partial charge in [0.2, 0.25) is 0 Å². The average molecular weight is 528 g/mol. The first-order valence-corrected chi connectivity index (χ1v) is 12.2. The van der Waals surface area contributed by atoms with Gasteiger partial charge in [-0.3, -0.25) is 0 Å². The predicted octanol–water partition coefficient (Wildman–Crippen LogP) is 2.85. The van der Waals surface area contributed by atoms with Crippen molar-refractivity contribution in [2.45, 2.75) is 36.9 Å². The van der Waals surface area contributed by atoms with E-state index in [-0.39, 0.29) is 0 Å². The van der Waals surface area contributed by atoms with Crippen LogP contribution in [0.4, 0.5) is 0 Å². The fourth-order valence-corrected chi connectivity index (χ4v) is 4.58. The SMILES string of the molecule is CO/N=C(/c1ccc(Cc2cc([C@@H]3O[C@H](CO)[C@@H](O)[C@H](O)[C@H]3O)ccc2Cl)cc1)c1ccc(OC)cc1. The molecule has 1 fully saturated rings. The summed E-state index contributed by atoms with van der Waals surface area (Å²) in [6, 6.07) is 20.6. The largest absolute Gasteiger partial charge is 0.497 e. The standard InChI is InChI=1S/C28H30ClNO7/c1-35-21-10-7-18(8-11-21)24(30-36-2)17-5-3-16(4-6-17)13-20-14-19(9-12-22(20)29)28-27(34)26(33)25(32)23(15-31)37-28/h3-12,14,23,25-28,31-34H,13,15H2,1-2H3/b30-24-/t23-,25-,26+,27-,28+/m1/s1. The number of methoxy groups -OCH3 is 1. The molecule has 3 aromatic carbocycles. The van der Waals surface area contributed by atoms with E-state index in [1.54, 1.807) is 25.3 Å². The lowest BCUT2D eigenvalue weighted by atomic mass is 9.90. The van der Waals surface area contributed by atoms with Gasteiger partial charge in [0.25, 0.3) is 0 Å². The first kappa shape index (κ1) is 27.1. The van der Waals surface area contributed by atoms with Gasteiger partial charge in [-0.15, -0.1) is 0 Å². The number of aliphatic hydroxyl groups excluding tert-OH is 4. The highest BCUT2D eigenvalue weighted by Gasteiger charge is 2.44. The first-order valence-electron chi connectivity index (χ1n) is 11.8. The molecule has 1 aliphatic rings. The summed E-state index contributed by atoms with van der Waals surface area (Å²) >= 11 is 6.48. The maximum Gasteiger partial charge on any atom is 0.118 e. The molecule has 8 nitrogen and oxygen atoms in total. The highest BCUT2D eigenvalue weighted by molar-refractivity contribution is 6.31. The van der Waals surface area contributed by atoms with Crippen LogP contribution < -0.4 is 4.74 Å². The van der Waals surface area contributed by atoms with Crippen LogP contribution in [0.3, 0.4) is 0 Å². The Bertz CT molecular complexity index is 1210. The third kappa shape index (κ3) is 5.96. The van der Waals surface area contributed by atoms with Crippen molar-refractivity contribution in [3.05, 3.63) is 99.6 Å². The van der Waals surface area contributed by atoms with Gasteiger partial charge in [0, 0.05) is 16.1 Å². The number of ether oxygens (including phenoxy) is 2. The number of oxime groups is 1. The second-order valence-corrected chi connectivity index (χ2v) is 9.23. The number of halogens is 1. The molecule has 37 heavy (non-hydrogen) atoms. The third-order valence-corrected chi connectivity index (χ3v) is 6.83. The third-order valence-electron chi connectivity index (χ3n) is 6.46. The quantitative estimate of drug-likeness (QED) is 0.262. The van der Waals surface area contributed by atoms with Crippen LogP contribution >= 0.6 is 11.6 Å². The number of hydrogen-bond donors (Lipinski definition) is 4. The summed E-state index contributed by atoms with van der Waals surface area (Å²) in [7, 11) is 3.12. The lowest BCUT2D eigenvalue weighted by molar-refractivity contribution is -0.231. The van der Waals surface area contributed by atoms with E-state index in [9.17, 15) is 20.4 Å². The van der Waals surface area contributed by atoms with Crippen LogP contribution in [0.25, 0.3) is 0 Å². The molecule has 0 unspecified atom stereocenters. The number of benzene rings is 3. The fraction of sp³-hybridized carbons (Fsp3) is 0.321. The number of hydrogen-bond acceptors (Lipinski definition) is 8. The minimum Gasteiger partial charge on any atom is -0.497 e. The molecule has 196 valence electrons. The van der Waals surface area contributed by atoms with Crippen LogP contribution in [-0.4, -0.2) is 71.4 Å². The van der Waals surface area contributed by atoms with Crippen LogP contribution in [-0.2, 0) is 16.0 Å². The Kier molecular flexibility index (Phi) is 8.81. The van der Waals surface area contributed by atoms with E-state index < -0.39 is 37.1 Å². The molecule has 4 rings (SSSR count). The predicted molar refractivity (Wildman–Crippen MR) is 139 cm³/mol. The summed E-state index contributed by atoms with van der Waals surface area (Å²) < 4.78 is 10.9. The Labute approximate surface area is 220 Å². The summed E-state index contributed by atoms with van der Waals surface area (Å²) in [6.45, 7) is -0.487. The van der Waals surface area contributed by atoms with Gasteiger partial charge >= 0.3 is 0 Å². The van der Waals surface area contributed by atoms with Gasteiger partial charge < -0.3 is 34.7 Å². The fourth-order valence-electron chi connectivity index (χ4n) is 4.40. The topological polar surface area (TPSA) is 121 Å². The van der Waals surface area contributed by atoms with Crippen LogP contribution in [0.5, 0.6) is 5.75 Å². The maximum atomic E-state index is 10.5. The number of aliphatic hydroxyl groups is 4. The van der Waals surface area contributed by atoms with Crippen LogP contribution in [0.15, 0.2) is 71.9 Å².